The maximum absolute atomic E-state index is 12.6. The van der Waals surface area contributed by atoms with E-state index in [2.05, 4.69) is 4.98 Å². The number of rotatable bonds is 5. The molecular weight excluding hydrogens is 313 g/mol. The number of benzene rings is 1. The zero-order chi connectivity index (χ0) is 16.9. The molecule has 0 N–H and O–H groups in total. The molecule has 8 heteroatoms. The molecule has 1 aromatic carbocycles. The summed E-state index contributed by atoms with van der Waals surface area (Å²) in [5.41, 5.74) is -0.793. The largest absolute Gasteiger partial charge is 0.490 e. The second kappa shape index (κ2) is 7.17. The molecule has 2 rings (SSSR count). The number of carbonyl (C=O) groups is 1. The third kappa shape index (κ3) is 4.73. The number of aromatic nitrogens is 2. The first-order valence-electron chi connectivity index (χ1n) is 6.89. The van der Waals surface area contributed by atoms with E-state index in [1.165, 1.54) is 30.9 Å². The molecule has 0 radical (unpaired) electrons. The van der Waals surface area contributed by atoms with Crippen molar-refractivity contribution in [3.8, 4) is 5.75 Å². The lowest BCUT2D eigenvalue weighted by atomic mass is 10.2. The highest BCUT2D eigenvalue weighted by Crippen LogP contribution is 2.31. The maximum atomic E-state index is 12.6. The molecule has 1 aromatic heterocycles. The average Bonchev–Trinajstić information content (AvgIpc) is 3.05. The number of hydrogen-bond acceptors (Lipinski definition) is 4. The predicted molar refractivity (Wildman–Crippen MR) is 75.1 cm³/mol. The number of carbonyl (C=O) groups excluding carboxylic acids is 1. The summed E-state index contributed by atoms with van der Waals surface area (Å²) in [7, 11) is 0. The smallest absolute Gasteiger partial charge is 0.419 e. The summed E-state index contributed by atoms with van der Waals surface area (Å²) in [5, 5.41) is 0. The van der Waals surface area contributed by atoms with Crippen LogP contribution < -0.4 is 4.74 Å². The number of nitrogens with zero attached hydrogens (tertiary/aromatic N) is 2. The lowest BCUT2D eigenvalue weighted by Gasteiger charge is -2.17. The van der Waals surface area contributed by atoms with Gasteiger partial charge in [-0.05, 0) is 24.6 Å². The van der Waals surface area contributed by atoms with Crippen molar-refractivity contribution >= 4 is 6.09 Å². The molecule has 2 aromatic rings. The van der Waals surface area contributed by atoms with E-state index in [9.17, 15) is 18.0 Å². The second-order valence-corrected chi connectivity index (χ2v) is 4.72. The van der Waals surface area contributed by atoms with Gasteiger partial charge in [-0.25, -0.2) is 14.3 Å². The lowest BCUT2D eigenvalue weighted by Crippen LogP contribution is -2.26. The van der Waals surface area contributed by atoms with Gasteiger partial charge in [0.15, 0.2) is 0 Å². The molecule has 0 saturated heterocycles. The Hall–Kier alpha value is -2.51. The molecule has 0 amide bonds. The van der Waals surface area contributed by atoms with E-state index in [0.717, 1.165) is 16.7 Å². The van der Waals surface area contributed by atoms with E-state index < -0.39 is 23.9 Å². The fourth-order valence-corrected chi connectivity index (χ4v) is 1.76. The highest BCUT2D eigenvalue weighted by molar-refractivity contribution is 5.70. The Morgan fingerprint density at radius 1 is 1.39 bits per heavy atom. The van der Waals surface area contributed by atoms with Crippen LogP contribution in [0.5, 0.6) is 5.75 Å². The molecule has 1 heterocycles. The van der Waals surface area contributed by atoms with Crippen LogP contribution in [-0.4, -0.2) is 28.4 Å². The lowest BCUT2D eigenvalue weighted by molar-refractivity contribution is -0.137. The minimum Gasteiger partial charge on any atom is -0.490 e. The van der Waals surface area contributed by atoms with Gasteiger partial charge >= 0.3 is 12.3 Å². The molecule has 0 saturated carbocycles. The minimum atomic E-state index is -4.43. The zero-order valence-corrected chi connectivity index (χ0v) is 12.3. The monoisotopic (exact) mass is 328 g/mol. The Morgan fingerprint density at radius 3 is 2.78 bits per heavy atom. The summed E-state index contributed by atoms with van der Waals surface area (Å²) in [6.45, 7) is 1.74. The molecule has 23 heavy (non-hydrogen) atoms. The van der Waals surface area contributed by atoms with Gasteiger partial charge in [-0.3, -0.25) is 0 Å². The highest BCUT2D eigenvalue weighted by atomic mass is 19.4. The topological polar surface area (TPSA) is 53.4 Å². The SMILES string of the molecule is CCC(COc1cccc(C(F)(F)F)c1)OC(=O)n1ccnc1. The quantitative estimate of drug-likeness (QED) is 0.839. The van der Waals surface area contributed by atoms with Crippen LogP contribution >= 0.6 is 0 Å². The van der Waals surface area contributed by atoms with Gasteiger partial charge in [0.05, 0.1) is 5.56 Å². The van der Waals surface area contributed by atoms with Crippen molar-refractivity contribution in [2.45, 2.75) is 25.6 Å². The summed E-state index contributed by atoms with van der Waals surface area (Å²) < 4.78 is 49.6. The highest BCUT2D eigenvalue weighted by Gasteiger charge is 2.30. The maximum Gasteiger partial charge on any atom is 0.419 e. The summed E-state index contributed by atoms with van der Waals surface area (Å²) in [5.74, 6) is 0.0666. The minimum absolute atomic E-state index is 0.0434. The number of alkyl halides is 3. The molecule has 1 atom stereocenters. The summed E-state index contributed by atoms with van der Waals surface area (Å²) in [6.07, 6.45) is -1.02. The Bertz CT molecular complexity index is 642. The molecule has 0 aliphatic rings. The van der Waals surface area contributed by atoms with E-state index in [-0.39, 0.29) is 12.4 Å². The first-order chi connectivity index (χ1) is 10.9. The van der Waals surface area contributed by atoms with Gasteiger partial charge in [0.2, 0.25) is 0 Å². The number of halogens is 3. The van der Waals surface area contributed by atoms with Gasteiger partial charge in [-0.2, -0.15) is 13.2 Å². The van der Waals surface area contributed by atoms with Crippen molar-refractivity contribution in [1.82, 2.24) is 9.55 Å². The van der Waals surface area contributed by atoms with Gasteiger partial charge in [0.25, 0.3) is 0 Å². The average molecular weight is 328 g/mol. The van der Waals surface area contributed by atoms with Crippen LogP contribution in [-0.2, 0) is 10.9 Å². The molecule has 0 bridgehead atoms. The van der Waals surface area contributed by atoms with Crippen molar-refractivity contribution in [2.24, 2.45) is 0 Å². The fraction of sp³-hybridized carbons (Fsp3) is 0.333. The zero-order valence-electron chi connectivity index (χ0n) is 12.3. The van der Waals surface area contributed by atoms with Crippen molar-refractivity contribution in [3.63, 3.8) is 0 Å². The van der Waals surface area contributed by atoms with Crippen LogP contribution in [0.1, 0.15) is 18.9 Å². The summed E-state index contributed by atoms with van der Waals surface area (Å²) in [6, 6.07) is 4.55. The molecule has 0 fully saturated rings. The summed E-state index contributed by atoms with van der Waals surface area (Å²) >= 11 is 0. The number of hydrogen-bond donors (Lipinski definition) is 0. The number of ether oxygens (including phenoxy) is 2. The predicted octanol–water partition coefficient (Wildman–Crippen LogP) is 3.74. The van der Waals surface area contributed by atoms with Crippen molar-refractivity contribution in [2.75, 3.05) is 6.61 Å². The van der Waals surface area contributed by atoms with Crippen LogP contribution in [0, 0.1) is 0 Å². The molecule has 1 unspecified atom stereocenters. The standard InChI is InChI=1S/C15H15F3N2O3/c1-2-12(23-14(21)20-7-6-19-10-20)9-22-13-5-3-4-11(8-13)15(16,17)18/h3-8,10,12H,2,9H2,1H3. The van der Waals surface area contributed by atoms with E-state index in [4.69, 9.17) is 9.47 Å². The third-order valence-electron chi connectivity index (χ3n) is 3.04. The van der Waals surface area contributed by atoms with E-state index >= 15 is 0 Å². The van der Waals surface area contributed by atoms with Gasteiger partial charge in [-0.1, -0.05) is 13.0 Å². The van der Waals surface area contributed by atoms with Crippen LogP contribution in [0.2, 0.25) is 0 Å². The first-order valence-corrected chi connectivity index (χ1v) is 6.89. The molecule has 0 spiro atoms. The summed E-state index contributed by atoms with van der Waals surface area (Å²) in [4.78, 5) is 15.5. The van der Waals surface area contributed by atoms with Crippen LogP contribution in [0.15, 0.2) is 43.0 Å². The Morgan fingerprint density at radius 2 is 2.17 bits per heavy atom. The van der Waals surface area contributed by atoms with Crippen LogP contribution in [0.25, 0.3) is 0 Å². The van der Waals surface area contributed by atoms with E-state index in [0.29, 0.717) is 6.42 Å². The Balaban J connectivity index is 1.94. The van der Waals surface area contributed by atoms with E-state index in [1.807, 2.05) is 0 Å². The van der Waals surface area contributed by atoms with Gasteiger partial charge in [-0.15, -0.1) is 0 Å². The molecule has 5 nitrogen and oxygen atoms in total. The van der Waals surface area contributed by atoms with Crippen molar-refractivity contribution in [1.29, 1.82) is 0 Å². The second-order valence-electron chi connectivity index (χ2n) is 4.72. The Labute approximate surface area is 130 Å². The molecule has 0 aliphatic heterocycles. The molecule has 0 aliphatic carbocycles. The molecular formula is C15H15F3N2O3. The third-order valence-corrected chi connectivity index (χ3v) is 3.04. The first kappa shape index (κ1) is 16.9. The fourth-order valence-electron chi connectivity index (χ4n) is 1.76. The van der Waals surface area contributed by atoms with E-state index in [1.54, 1.807) is 6.92 Å². The van der Waals surface area contributed by atoms with Crippen molar-refractivity contribution < 1.29 is 27.4 Å². The van der Waals surface area contributed by atoms with Gasteiger partial charge < -0.3 is 9.47 Å². The van der Waals surface area contributed by atoms with Crippen LogP contribution in [0.3, 0.4) is 0 Å². The molecule has 124 valence electrons. The Kier molecular flexibility index (Phi) is 5.25. The van der Waals surface area contributed by atoms with Gasteiger partial charge in [0.1, 0.15) is 24.8 Å². The van der Waals surface area contributed by atoms with Crippen LogP contribution in [0.4, 0.5) is 18.0 Å². The van der Waals surface area contributed by atoms with Crippen molar-refractivity contribution in [3.05, 3.63) is 48.5 Å². The normalized spacial score (nSPS) is 12.7. The van der Waals surface area contributed by atoms with Gasteiger partial charge in [0, 0.05) is 12.4 Å². The number of imidazole rings is 1.